The number of aryl methyl sites for hydroxylation is 2. The van der Waals surface area contributed by atoms with Gasteiger partial charge in [0.25, 0.3) is 0 Å². The summed E-state index contributed by atoms with van der Waals surface area (Å²) >= 11 is 0. The lowest BCUT2D eigenvalue weighted by molar-refractivity contribution is 0.412. The highest BCUT2D eigenvalue weighted by molar-refractivity contribution is 5.36. The SMILES string of the molecule is CC1(Cc2ccc3c(c2)CCC3)CCCN1. The second-order valence-electron chi connectivity index (χ2n) is 5.72. The second-order valence-corrected chi connectivity index (χ2v) is 5.72. The predicted octanol–water partition coefficient (Wildman–Crippen LogP) is 2.86. The van der Waals surface area contributed by atoms with Crippen LogP contribution in [-0.2, 0) is 19.3 Å². The van der Waals surface area contributed by atoms with Gasteiger partial charge in [-0.25, -0.2) is 0 Å². The fraction of sp³-hybridized carbons (Fsp3) is 0.600. The zero-order valence-electron chi connectivity index (χ0n) is 10.2. The molecule has 1 unspecified atom stereocenters. The lowest BCUT2D eigenvalue weighted by Gasteiger charge is -2.24. The van der Waals surface area contributed by atoms with Gasteiger partial charge in [0.2, 0.25) is 0 Å². The highest BCUT2D eigenvalue weighted by Crippen LogP contribution is 2.27. The van der Waals surface area contributed by atoms with E-state index in [2.05, 4.69) is 30.4 Å². The van der Waals surface area contributed by atoms with Gasteiger partial charge in [0.1, 0.15) is 0 Å². The molecule has 1 heteroatoms. The average Bonchev–Trinajstić information content (AvgIpc) is 2.86. The summed E-state index contributed by atoms with van der Waals surface area (Å²) in [6, 6.07) is 7.15. The van der Waals surface area contributed by atoms with E-state index in [1.807, 2.05) is 0 Å². The van der Waals surface area contributed by atoms with Crippen LogP contribution in [0.4, 0.5) is 0 Å². The van der Waals surface area contributed by atoms with Gasteiger partial charge in [0.15, 0.2) is 0 Å². The van der Waals surface area contributed by atoms with Crippen LogP contribution in [0.15, 0.2) is 18.2 Å². The quantitative estimate of drug-likeness (QED) is 0.800. The molecule has 1 aliphatic carbocycles. The van der Waals surface area contributed by atoms with Crippen LogP contribution < -0.4 is 5.32 Å². The molecule has 1 heterocycles. The van der Waals surface area contributed by atoms with E-state index in [-0.39, 0.29) is 0 Å². The molecule has 1 fully saturated rings. The Bertz CT molecular complexity index is 388. The molecule has 0 radical (unpaired) electrons. The van der Waals surface area contributed by atoms with Crippen LogP contribution in [0, 0.1) is 0 Å². The van der Waals surface area contributed by atoms with Crippen molar-refractivity contribution in [2.24, 2.45) is 0 Å². The maximum atomic E-state index is 3.65. The standard InChI is InChI=1S/C15H21N/c1-15(8-3-9-16-15)11-12-6-7-13-4-2-5-14(13)10-12/h6-7,10,16H,2-5,8-9,11H2,1H3. The molecule has 3 rings (SSSR count). The molecule has 1 aliphatic heterocycles. The van der Waals surface area contributed by atoms with Crippen molar-refractivity contribution in [2.45, 2.75) is 51.0 Å². The Kier molecular flexibility index (Phi) is 2.51. The Morgan fingerprint density at radius 1 is 1.19 bits per heavy atom. The first-order valence-corrected chi connectivity index (χ1v) is 6.61. The molecule has 2 aliphatic rings. The summed E-state index contributed by atoms with van der Waals surface area (Å²) in [7, 11) is 0. The van der Waals surface area contributed by atoms with Gasteiger partial charge in [-0.1, -0.05) is 18.2 Å². The zero-order chi connectivity index (χ0) is 11.0. The molecule has 1 saturated heterocycles. The van der Waals surface area contributed by atoms with Crippen LogP contribution in [0.25, 0.3) is 0 Å². The second kappa shape index (κ2) is 3.89. The van der Waals surface area contributed by atoms with E-state index in [4.69, 9.17) is 0 Å². The maximum Gasteiger partial charge on any atom is 0.0194 e. The lowest BCUT2D eigenvalue weighted by atomic mass is 9.90. The number of hydrogen-bond donors (Lipinski definition) is 1. The van der Waals surface area contributed by atoms with Gasteiger partial charge in [-0.2, -0.15) is 0 Å². The van der Waals surface area contributed by atoms with E-state index >= 15 is 0 Å². The van der Waals surface area contributed by atoms with Gasteiger partial charge in [-0.3, -0.25) is 0 Å². The first-order valence-electron chi connectivity index (χ1n) is 6.61. The molecule has 0 saturated carbocycles. The van der Waals surface area contributed by atoms with Crippen LogP contribution in [0.5, 0.6) is 0 Å². The Balaban J connectivity index is 1.80. The van der Waals surface area contributed by atoms with Gasteiger partial charge in [-0.05, 0) is 68.7 Å². The summed E-state index contributed by atoms with van der Waals surface area (Å²) in [6.45, 7) is 3.56. The van der Waals surface area contributed by atoms with Crippen molar-refractivity contribution in [1.82, 2.24) is 5.32 Å². The van der Waals surface area contributed by atoms with E-state index in [1.165, 1.54) is 50.6 Å². The third-order valence-electron chi connectivity index (χ3n) is 4.21. The Morgan fingerprint density at radius 3 is 2.88 bits per heavy atom. The van der Waals surface area contributed by atoms with Gasteiger partial charge < -0.3 is 5.32 Å². The Hall–Kier alpha value is -0.820. The summed E-state index contributed by atoms with van der Waals surface area (Å²) in [6.07, 6.45) is 7.80. The zero-order valence-corrected chi connectivity index (χ0v) is 10.2. The third kappa shape index (κ3) is 1.89. The molecule has 1 aromatic rings. The van der Waals surface area contributed by atoms with Crippen molar-refractivity contribution < 1.29 is 0 Å². The van der Waals surface area contributed by atoms with E-state index < -0.39 is 0 Å². The van der Waals surface area contributed by atoms with Gasteiger partial charge in [0.05, 0.1) is 0 Å². The smallest absolute Gasteiger partial charge is 0.0194 e. The summed E-state index contributed by atoms with van der Waals surface area (Å²) < 4.78 is 0. The summed E-state index contributed by atoms with van der Waals surface area (Å²) in [4.78, 5) is 0. The van der Waals surface area contributed by atoms with Crippen LogP contribution in [0.1, 0.15) is 42.9 Å². The molecule has 1 aromatic carbocycles. The van der Waals surface area contributed by atoms with Crippen molar-refractivity contribution in [3.05, 3.63) is 34.9 Å². The topological polar surface area (TPSA) is 12.0 Å². The van der Waals surface area contributed by atoms with Crippen LogP contribution in [0.3, 0.4) is 0 Å². The Labute approximate surface area is 98.3 Å². The molecule has 1 N–H and O–H groups in total. The van der Waals surface area contributed by atoms with Gasteiger partial charge in [0, 0.05) is 5.54 Å². The van der Waals surface area contributed by atoms with Crippen molar-refractivity contribution in [2.75, 3.05) is 6.54 Å². The van der Waals surface area contributed by atoms with Gasteiger partial charge in [-0.15, -0.1) is 0 Å². The molecule has 16 heavy (non-hydrogen) atoms. The van der Waals surface area contributed by atoms with E-state index in [0.29, 0.717) is 5.54 Å². The number of rotatable bonds is 2. The van der Waals surface area contributed by atoms with E-state index in [1.54, 1.807) is 11.1 Å². The maximum absolute atomic E-state index is 3.65. The first-order chi connectivity index (χ1) is 7.75. The molecule has 0 amide bonds. The van der Waals surface area contributed by atoms with Crippen molar-refractivity contribution in [1.29, 1.82) is 0 Å². The molecule has 1 atom stereocenters. The molecular formula is C15H21N. The Morgan fingerprint density at radius 2 is 2.06 bits per heavy atom. The highest BCUT2D eigenvalue weighted by Gasteiger charge is 2.28. The molecule has 0 bridgehead atoms. The fourth-order valence-corrected chi connectivity index (χ4v) is 3.29. The lowest BCUT2D eigenvalue weighted by Crippen LogP contribution is -2.38. The normalized spacial score (nSPS) is 28.3. The minimum atomic E-state index is 0.354. The summed E-state index contributed by atoms with van der Waals surface area (Å²) in [5.41, 5.74) is 5.08. The minimum absolute atomic E-state index is 0.354. The highest BCUT2D eigenvalue weighted by atomic mass is 15.0. The van der Waals surface area contributed by atoms with E-state index in [0.717, 1.165) is 0 Å². The number of benzene rings is 1. The van der Waals surface area contributed by atoms with Crippen molar-refractivity contribution in [3.8, 4) is 0 Å². The van der Waals surface area contributed by atoms with Crippen molar-refractivity contribution >= 4 is 0 Å². The predicted molar refractivity (Wildman–Crippen MR) is 67.8 cm³/mol. The monoisotopic (exact) mass is 215 g/mol. The van der Waals surface area contributed by atoms with Crippen molar-refractivity contribution in [3.63, 3.8) is 0 Å². The number of fused-ring (bicyclic) bond motifs is 1. The van der Waals surface area contributed by atoms with Crippen LogP contribution in [-0.4, -0.2) is 12.1 Å². The molecule has 86 valence electrons. The summed E-state index contributed by atoms with van der Waals surface area (Å²) in [5.74, 6) is 0. The third-order valence-corrected chi connectivity index (χ3v) is 4.21. The van der Waals surface area contributed by atoms with Crippen LogP contribution >= 0.6 is 0 Å². The van der Waals surface area contributed by atoms with Gasteiger partial charge >= 0.3 is 0 Å². The molecule has 1 nitrogen and oxygen atoms in total. The average molecular weight is 215 g/mol. The van der Waals surface area contributed by atoms with E-state index in [9.17, 15) is 0 Å². The largest absolute Gasteiger partial charge is 0.311 e. The molecular weight excluding hydrogens is 194 g/mol. The molecule has 0 spiro atoms. The minimum Gasteiger partial charge on any atom is -0.311 e. The number of hydrogen-bond acceptors (Lipinski definition) is 1. The van der Waals surface area contributed by atoms with Crippen LogP contribution in [0.2, 0.25) is 0 Å². The summed E-state index contributed by atoms with van der Waals surface area (Å²) in [5, 5.41) is 3.65. The first kappa shape index (κ1) is 10.3. The number of nitrogens with one attached hydrogen (secondary N) is 1. The fourth-order valence-electron chi connectivity index (χ4n) is 3.29. The molecule has 0 aromatic heterocycles.